The molecule has 1 aliphatic heterocycles. The van der Waals surface area contributed by atoms with E-state index >= 15 is 0 Å². The first kappa shape index (κ1) is 22.9. The van der Waals surface area contributed by atoms with Crippen LogP contribution in [0, 0.1) is 6.92 Å². The first-order valence-electron chi connectivity index (χ1n) is 10.5. The van der Waals surface area contributed by atoms with E-state index in [2.05, 4.69) is 20.8 Å². The number of aromatic nitrogens is 2. The molecule has 2 aromatic carbocycles. The number of hydrogen-bond donors (Lipinski definition) is 2. The predicted octanol–water partition coefficient (Wildman–Crippen LogP) is 2.75. The lowest BCUT2D eigenvalue weighted by Gasteiger charge is -2.34. The number of nitrogens with one attached hydrogen (secondary N) is 2. The Kier molecular flexibility index (Phi) is 6.55. The van der Waals surface area contributed by atoms with Crippen LogP contribution >= 0.6 is 0 Å². The first-order valence-corrected chi connectivity index (χ1v) is 10.5. The van der Waals surface area contributed by atoms with E-state index < -0.39 is 23.4 Å². The van der Waals surface area contributed by atoms with Gasteiger partial charge in [-0.25, -0.2) is 4.79 Å². The summed E-state index contributed by atoms with van der Waals surface area (Å²) in [5.41, 5.74) is -0.247. The van der Waals surface area contributed by atoms with Crippen molar-refractivity contribution in [3.8, 4) is 28.7 Å². The number of hydrogen-bond acceptors (Lipinski definition) is 9. The zero-order valence-corrected chi connectivity index (χ0v) is 18.5. The summed E-state index contributed by atoms with van der Waals surface area (Å²) in [6.07, 6.45) is 1.19. The molecule has 0 bridgehead atoms. The Morgan fingerprint density at radius 1 is 0.971 bits per heavy atom. The third kappa shape index (κ3) is 4.74. The predicted molar refractivity (Wildman–Crippen MR) is 117 cm³/mol. The topological polar surface area (TPSA) is 142 Å². The van der Waals surface area contributed by atoms with Crippen LogP contribution in [0.3, 0.4) is 0 Å². The quantitative estimate of drug-likeness (QED) is 0.359. The van der Waals surface area contributed by atoms with Gasteiger partial charge in [0.2, 0.25) is 12.3 Å². The maximum absolute atomic E-state index is 12.6. The average molecular weight is 466 g/mol. The van der Waals surface area contributed by atoms with Crippen molar-refractivity contribution in [2.24, 2.45) is 0 Å². The van der Waals surface area contributed by atoms with Gasteiger partial charge in [0, 0.05) is 18.6 Å². The molecule has 1 saturated heterocycles. The zero-order valence-electron chi connectivity index (χ0n) is 18.5. The number of ether oxygens (including phenoxy) is 3. The molecule has 3 aromatic rings. The second-order valence-corrected chi connectivity index (χ2v) is 7.41. The molecule has 11 heteroatoms. The Hall–Kier alpha value is -4.25. The molecule has 0 spiro atoms. The molecule has 176 valence electrons. The molecule has 34 heavy (non-hydrogen) atoms. The van der Waals surface area contributed by atoms with Gasteiger partial charge in [0.25, 0.3) is 17.4 Å². The Morgan fingerprint density at radius 3 is 2.26 bits per heavy atom. The molecular weight excluding hydrogens is 444 g/mol. The fourth-order valence-corrected chi connectivity index (χ4v) is 3.42. The molecule has 1 fully saturated rings. The molecule has 0 unspecified atom stereocenters. The fourth-order valence-electron chi connectivity index (χ4n) is 3.42. The lowest BCUT2D eigenvalue weighted by molar-refractivity contribution is -0.153. The van der Waals surface area contributed by atoms with Crippen LogP contribution in [-0.4, -0.2) is 46.9 Å². The zero-order chi connectivity index (χ0) is 24.1. The van der Waals surface area contributed by atoms with E-state index in [0.717, 1.165) is 11.1 Å². The largest absolute Gasteiger partial charge is 0.467 e. The number of rotatable bonds is 9. The first-order chi connectivity index (χ1) is 16.4. The number of barbiturate groups is 1. The normalized spacial score (nSPS) is 14.9. The highest BCUT2D eigenvalue weighted by molar-refractivity contribution is 6.21. The second kappa shape index (κ2) is 9.71. The van der Waals surface area contributed by atoms with Crippen molar-refractivity contribution in [3.63, 3.8) is 0 Å². The van der Waals surface area contributed by atoms with Gasteiger partial charge in [-0.1, -0.05) is 0 Å². The van der Waals surface area contributed by atoms with Gasteiger partial charge in [-0.3, -0.25) is 20.2 Å². The summed E-state index contributed by atoms with van der Waals surface area (Å²) in [7, 11) is 0. The van der Waals surface area contributed by atoms with Crippen LogP contribution in [0.5, 0.6) is 17.2 Å². The van der Waals surface area contributed by atoms with Crippen molar-refractivity contribution < 1.29 is 33.0 Å². The molecule has 11 nitrogen and oxygen atoms in total. The smallest absolute Gasteiger partial charge is 0.328 e. The number of imide groups is 2. The van der Waals surface area contributed by atoms with Crippen LogP contribution in [0.4, 0.5) is 4.79 Å². The van der Waals surface area contributed by atoms with Crippen LogP contribution in [0.1, 0.15) is 18.9 Å². The maximum Gasteiger partial charge on any atom is 0.328 e. The molecule has 2 N–H and O–H groups in total. The number of urea groups is 1. The third-order valence-corrected chi connectivity index (χ3v) is 5.13. The molecule has 0 atom stereocenters. The molecule has 0 radical (unpaired) electrons. The molecular formula is C23H22N4O7. The van der Waals surface area contributed by atoms with E-state index in [0.29, 0.717) is 24.0 Å². The molecule has 1 aromatic heterocycles. The van der Waals surface area contributed by atoms with Crippen molar-refractivity contribution in [2.75, 3.05) is 13.2 Å². The monoisotopic (exact) mass is 466 g/mol. The van der Waals surface area contributed by atoms with Crippen LogP contribution in [0.15, 0.2) is 53.3 Å². The standard InChI is InChI=1S/C23H22N4O7/c1-3-31-11-10-23(20(28)25-22(30)26-21(23)29)34-16-6-4-15(5-7-16)33-17-8-9-18(14(2)12-17)19-27-24-13-32-19/h4-9,12-13H,3,10-11H2,1-2H3,(H2,25,26,28,29,30). The maximum atomic E-state index is 12.6. The van der Waals surface area contributed by atoms with Gasteiger partial charge >= 0.3 is 6.03 Å². The van der Waals surface area contributed by atoms with Gasteiger partial charge in [0.1, 0.15) is 17.2 Å². The highest BCUT2D eigenvalue weighted by Gasteiger charge is 2.52. The van der Waals surface area contributed by atoms with Crippen molar-refractivity contribution in [1.29, 1.82) is 0 Å². The summed E-state index contributed by atoms with van der Waals surface area (Å²) in [5, 5.41) is 11.8. The van der Waals surface area contributed by atoms with Crippen molar-refractivity contribution in [2.45, 2.75) is 25.9 Å². The van der Waals surface area contributed by atoms with Crippen LogP contribution in [0.25, 0.3) is 11.5 Å². The molecule has 4 amide bonds. The second-order valence-electron chi connectivity index (χ2n) is 7.41. The molecule has 1 aliphatic rings. The summed E-state index contributed by atoms with van der Waals surface area (Å²) < 4.78 is 22.2. The summed E-state index contributed by atoms with van der Waals surface area (Å²) in [5.74, 6) is 0.0597. The van der Waals surface area contributed by atoms with E-state index in [1.807, 2.05) is 19.1 Å². The number of aryl methyl sites for hydroxylation is 1. The van der Waals surface area contributed by atoms with Crippen LogP contribution in [0.2, 0.25) is 0 Å². The number of carbonyl (C=O) groups excluding carboxylic acids is 3. The summed E-state index contributed by atoms with van der Waals surface area (Å²) in [6, 6.07) is 10.9. The van der Waals surface area contributed by atoms with E-state index in [-0.39, 0.29) is 18.8 Å². The van der Waals surface area contributed by atoms with Gasteiger partial charge in [-0.2, -0.15) is 0 Å². The highest BCUT2D eigenvalue weighted by Crippen LogP contribution is 2.31. The summed E-state index contributed by atoms with van der Waals surface area (Å²) in [6.45, 7) is 4.18. The molecule has 0 aliphatic carbocycles. The summed E-state index contributed by atoms with van der Waals surface area (Å²) in [4.78, 5) is 36.7. The van der Waals surface area contributed by atoms with E-state index in [4.69, 9.17) is 18.6 Å². The minimum absolute atomic E-state index is 0.0737. The molecule has 2 heterocycles. The van der Waals surface area contributed by atoms with Gasteiger partial charge in [-0.15, -0.1) is 10.2 Å². The molecule has 4 rings (SSSR count). The Balaban J connectivity index is 1.49. The Bertz CT molecular complexity index is 1170. The third-order valence-electron chi connectivity index (χ3n) is 5.13. The lowest BCUT2D eigenvalue weighted by atomic mass is 9.95. The van der Waals surface area contributed by atoms with Crippen molar-refractivity contribution in [3.05, 3.63) is 54.4 Å². The number of benzene rings is 2. The number of nitrogens with zero attached hydrogens (tertiary/aromatic N) is 2. The van der Waals surface area contributed by atoms with Crippen LogP contribution in [-0.2, 0) is 14.3 Å². The highest BCUT2D eigenvalue weighted by atomic mass is 16.5. The van der Waals surface area contributed by atoms with E-state index in [1.165, 1.54) is 6.39 Å². The van der Waals surface area contributed by atoms with Gasteiger partial charge < -0.3 is 18.6 Å². The fraction of sp³-hybridized carbons (Fsp3) is 0.261. The summed E-state index contributed by atoms with van der Waals surface area (Å²) >= 11 is 0. The number of carbonyl (C=O) groups is 3. The molecule has 0 saturated carbocycles. The lowest BCUT2D eigenvalue weighted by Crippen LogP contribution is -2.69. The van der Waals surface area contributed by atoms with Crippen molar-refractivity contribution in [1.82, 2.24) is 20.8 Å². The van der Waals surface area contributed by atoms with E-state index in [9.17, 15) is 14.4 Å². The average Bonchev–Trinajstić information content (AvgIpc) is 3.33. The van der Waals surface area contributed by atoms with Crippen molar-refractivity contribution >= 4 is 17.8 Å². The van der Waals surface area contributed by atoms with Gasteiger partial charge in [0.05, 0.1) is 6.61 Å². The minimum Gasteiger partial charge on any atom is -0.467 e. The van der Waals surface area contributed by atoms with E-state index in [1.54, 1.807) is 37.3 Å². The minimum atomic E-state index is -1.94. The number of amides is 4. The van der Waals surface area contributed by atoms with Crippen LogP contribution < -0.4 is 20.1 Å². The Labute approximate surface area is 194 Å². The SMILES string of the molecule is CCOCCC1(Oc2ccc(Oc3ccc(-c4nnco4)c(C)c3)cc2)C(=O)NC(=O)NC1=O. The Morgan fingerprint density at radius 2 is 1.65 bits per heavy atom. The van der Waals surface area contributed by atoms with Gasteiger partial charge in [-0.05, 0) is 61.9 Å². The van der Waals surface area contributed by atoms with Gasteiger partial charge in [0.15, 0.2) is 0 Å².